The molecule has 1 unspecified atom stereocenters. The molecule has 3 aromatic heterocycles. The number of fused-ring (bicyclic) bond motifs is 1. The number of aromatic amines is 1. The van der Waals surface area contributed by atoms with Gasteiger partial charge in [-0.15, -0.1) is 0 Å². The molecule has 10 heteroatoms. The number of carbonyl (C=O) groups is 1. The molecule has 0 bridgehead atoms. The van der Waals surface area contributed by atoms with Crippen LogP contribution in [0, 0.1) is 0 Å². The lowest BCUT2D eigenvalue weighted by atomic mass is 10.2. The maximum absolute atomic E-state index is 13.0. The second kappa shape index (κ2) is 8.65. The maximum atomic E-state index is 13.0. The molecule has 10 nitrogen and oxygen atoms in total. The summed E-state index contributed by atoms with van der Waals surface area (Å²) in [4.78, 5) is 32.4. The van der Waals surface area contributed by atoms with Crippen molar-refractivity contribution in [2.24, 2.45) is 0 Å². The lowest BCUT2D eigenvalue weighted by molar-refractivity contribution is -0.125. The minimum atomic E-state index is -0.867. The van der Waals surface area contributed by atoms with Gasteiger partial charge in [-0.05, 0) is 30.7 Å². The normalized spacial score (nSPS) is 14.8. The van der Waals surface area contributed by atoms with Crippen LogP contribution in [-0.4, -0.2) is 38.4 Å². The van der Waals surface area contributed by atoms with Gasteiger partial charge in [0.2, 0.25) is 12.1 Å². The molecule has 4 aromatic rings. The van der Waals surface area contributed by atoms with Gasteiger partial charge >= 0.3 is 0 Å². The van der Waals surface area contributed by atoms with Crippen molar-refractivity contribution in [3.63, 3.8) is 0 Å². The molecule has 1 aliphatic rings. The number of rotatable bonds is 6. The van der Waals surface area contributed by atoms with Gasteiger partial charge < -0.3 is 19.2 Å². The van der Waals surface area contributed by atoms with Gasteiger partial charge in [0, 0.05) is 17.8 Å². The highest BCUT2D eigenvalue weighted by Gasteiger charge is 2.29. The summed E-state index contributed by atoms with van der Waals surface area (Å²) in [5.41, 5.74) is 0.783. The molecule has 0 aliphatic carbocycles. The summed E-state index contributed by atoms with van der Waals surface area (Å²) in [7, 11) is 0. The van der Waals surface area contributed by atoms with E-state index in [1.54, 1.807) is 36.4 Å². The highest BCUT2D eigenvalue weighted by atomic mass is 16.6. The number of carbonyl (C=O) groups excluding carboxylic acids is 1. The highest BCUT2D eigenvalue weighted by Crippen LogP contribution is 2.31. The quantitative estimate of drug-likeness (QED) is 0.466. The number of para-hydroxylation sites is 2. The van der Waals surface area contributed by atoms with E-state index < -0.39 is 12.0 Å². The van der Waals surface area contributed by atoms with Crippen molar-refractivity contribution in [1.82, 2.24) is 19.7 Å². The second-order valence-electron chi connectivity index (χ2n) is 7.47. The van der Waals surface area contributed by atoms with Crippen LogP contribution in [0.5, 0.6) is 11.5 Å². The number of nitrogens with one attached hydrogen (secondary N) is 2. The van der Waals surface area contributed by atoms with Crippen LogP contribution in [0.3, 0.4) is 0 Å². The SMILES string of the molecule is CCCc1cc(=O)[nH]c(-n2nc(-c3ccco3)cc2NC(=O)C2COc3ccccc3O2)n1. The molecule has 0 spiro atoms. The van der Waals surface area contributed by atoms with Crippen LogP contribution in [0.25, 0.3) is 17.4 Å². The van der Waals surface area contributed by atoms with E-state index in [9.17, 15) is 9.59 Å². The monoisotopic (exact) mass is 447 g/mol. The summed E-state index contributed by atoms with van der Waals surface area (Å²) in [6.45, 7) is 2.06. The molecule has 168 valence electrons. The summed E-state index contributed by atoms with van der Waals surface area (Å²) >= 11 is 0. The number of benzene rings is 1. The predicted molar refractivity (Wildman–Crippen MR) is 119 cm³/mol. The lowest BCUT2D eigenvalue weighted by Crippen LogP contribution is -2.40. The van der Waals surface area contributed by atoms with Crippen LogP contribution in [0.2, 0.25) is 0 Å². The Morgan fingerprint density at radius 1 is 1.21 bits per heavy atom. The minimum absolute atomic E-state index is 0.0586. The Bertz CT molecular complexity index is 1340. The van der Waals surface area contributed by atoms with Gasteiger partial charge in [-0.3, -0.25) is 14.6 Å². The van der Waals surface area contributed by atoms with Gasteiger partial charge in [0.15, 0.2) is 17.3 Å². The van der Waals surface area contributed by atoms with Crippen LogP contribution in [0.4, 0.5) is 5.82 Å². The number of amides is 1. The molecule has 4 heterocycles. The molecule has 0 fully saturated rings. The van der Waals surface area contributed by atoms with Crippen molar-refractivity contribution in [2.45, 2.75) is 25.9 Å². The van der Waals surface area contributed by atoms with Crippen molar-refractivity contribution in [3.05, 3.63) is 70.8 Å². The fraction of sp³-hybridized carbons (Fsp3) is 0.217. The molecule has 1 aliphatic heterocycles. The van der Waals surface area contributed by atoms with Crippen LogP contribution < -0.4 is 20.3 Å². The molecule has 1 atom stereocenters. The Morgan fingerprint density at radius 3 is 2.85 bits per heavy atom. The molecule has 0 saturated heterocycles. The van der Waals surface area contributed by atoms with E-state index in [1.165, 1.54) is 17.0 Å². The van der Waals surface area contributed by atoms with Crippen molar-refractivity contribution in [1.29, 1.82) is 0 Å². The first-order chi connectivity index (χ1) is 16.1. The number of hydrogen-bond donors (Lipinski definition) is 2. The van der Waals surface area contributed by atoms with E-state index in [0.29, 0.717) is 40.9 Å². The Balaban J connectivity index is 1.48. The third kappa shape index (κ3) is 4.22. The first-order valence-electron chi connectivity index (χ1n) is 10.5. The molecule has 1 aromatic carbocycles. The Hall–Kier alpha value is -4.34. The van der Waals surface area contributed by atoms with Gasteiger partial charge in [0.1, 0.15) is 18.1 Å². The molecule has 2 N–H and O–H groups in total. The van der Waals surface area contributed by atoms with Gasteiger partial charge in [-0.25, -0.2) is 4.98 Å². The molecule has 33 heavy (non-hydrogen) atoms. The fourth-order valence-corrected chi connectivity index (χ4v) is 3.51. The van der Waals surface area contributed by atoms with Crippen molar-refractivity contribution < 1.29 is 18.7 Å². The predicted octanol–water partition coefficient (Wildman–Crippen LogP) is 2.95. The number of H-pyrrole nitrogens is 1. The summed E-state index contributed by atoms with van der Waals surface area (Å²) < 4.78 is 18.3. The van der Waals surface area contributed by atoms with E-state index in [2.05, 4.69) is 20.4 Å². The molecule has 0 radical (unpaired) electrons. The molecular formula is C23H21N5O5. The summed E-state index contributed by atoms with van der Waals surface area (Å²) in [5, 5.41) is 7.32. The largest absolute Gasteiger partial charge is 0.485 e. The third-order valence-corrected chi connectivity index (χ3v) is 5.02. The number of anilines is 1. The average molecular weight is 447 g/mol. The first kappa shape index (κ1) is 20.6. The van der Waals surface area contributed by atoms with Gasteiger partial charge in [-0.1, -0.05) is 25.5 Å². The third-order valence-electron chi connectivity index (χ3n) is 5.02. The highest BCUT2D eigenvalue weighted by molar-refractivity contribution is 5.94. The zero-order chi connectivity index (χ0) is 22.8. The van der Waals surface area contributed by atoms with Gasteiger partial charge in [-0.2, -0.15) is 9.78 Å². The molecule has 1 amide bonds. The van der Waals surface area contributed by atoms with Gasteiger partial charge in [0.25, 0.3) is 11.5 Å². The zero-order valence-corrected chi connectivity index (χ0v) is 17.8. The number of ether oxygens (including phenoxy) is 2. The zero-order valence-electron chi connectivity index (χ0n) is 17.8. The van der Waals surface area contributed by atoms with E-state index in [4.69, 9.17) is 13.9 Å². The van der Waals surface area contributed by atoms with Crippen molar-refractivity contribution in [3.8, 4) is 28.9 Å². The number of hydrogen-bond acceptors (Lipinski definition) is 7. The number of aryl methyl sites for hydroxylation is 1. The van der Waals surface area contributed by atoms with E-state index in [0.717, 1.165) is 6.42 Å². The van der Waals surface area contributed by atoms with Crippen LogP contribution in [-0.2, 0) is 11.2 Å². The van der Waals surface area contributed by atoms with E-state index in [1.807, 2.05) is 13.0 Å². The van der Waals surface area contributed by atoms with Crippen LogP contribution in [0.15, 0.2) is 64.0 Å². The topological polar surface area (TPSA) is 124 Å². The standard InChI is InChI=1S/C23H21N5O5/c1-2-6-14-11-21(29)26-23(24-14)28-20(12-15(27-28)16-9-5-10-31-16)25-22(30)19-13-32-17-7-3-4-8-18(17)33-19/h3-5,7-12,19H,2,6,13H2,1H3,(H,25,30)(H,24,26,29). The number of furan rings is 1. The molecule has 0 saturated carbocycles. The second-order valence-corrected chi connectivity index (χ2v) is 7.47. The Labute approximate surface area is 188 Å². The summed E-state index contributed by atoms with van der Waals surface area (Å²) in [6.07, 6.45) is 2.13. The molecule has 5 rings (SSSR count). The summed E-state index contributed by atoms with van der Waals surface area (Å²) in [6, 6.07) is 13.7. The minimum Gasteiger partial charge on any atom is -0.485 e. The maximum Gasteiger partial charge on any atom is 0.270 e. The van der Waals surface area contributed by atoms with E-state index in [-0.39, 0.29) is 18.1 Å². The van der Waals surface area contributed by atoms with Crippen molar-refractivity contribution in [2.75, 3.05) is 11.9 Å². The smallest absolute Gasteiger partial charge is 0.270 e. The average Bonchev–Trinajstić information content (AvgIpc) is 3.49. The van der Waals surface area contributed by atoms with Crippen molar-refractivity contribution >= 4 is 11.7 Å². The first-order valence-corrected chi connectivity index (χ1v) is 10.5. The van der Waals surface area contributed by atoms with Gasteiger partial charge in [0.05, 0.1) is 6.26 Å². The van der Waals surface area contributed by atoms with E-state index >= 15 is 0 Å². The Morgan fingerprint density at radius 2 is 2.06 bits per heavy atom. The number of aromatic nitrogens is 4. The lowest BCUT2D eigenvalue weighted by Gasteiger charge is -2.25. The summed E-state index contributed by atoms with van der Waals surface area (Å²) in [5.74, 6) is 1.63. The number of nitrogens with zero attached hydrogens (tertiary/aromatic N) is 3. The van der Waals surface area contributed by atoms with Crippen LogP contribution >= 0.6 is 0 Å². The molecular weight excluding hydrogens is 426 g/mol. The Kier molecular flexibility index (Phi) is 5.39. The fourth-order valence-electron chi connectivity index (χ4n) is 3.51. The van der Waals surface area contributed by atoms with Crippen LogP contribution in [0.1, 0.15) is 19.0 Å².